The third-order valence-electron chi connectivity index (χ3n) is 3.96. The van der Waals surface area contributed by atoms with Crippen LogP contribution in [0.4, 0.5) is 5.82 Å². The van der Waals surface area contributed by atoms with E-state index in [-0.39, 0.29) is 11.7 Å². The number of hydrogen-bond donors (Lipinski definition) is 1. The van der Waals surface area contributed by atoms with E-state index in [9.17, 15) is 4.79 Å². The van der Waals surface area contributed by atoms with Gasteiger partial charge in [-0.05, 0) is 23.8 Å². The van der Waals surface area contributed by atoms with Gasteiger partial charge in [0.15, 0.2) is 5.76 Å². The summed E-state index contributed by atoms with van der Waals surface area (Å²) in [4.78, 5) is 12.5. The van der Waals surface area contributed by atoms with Gasteiger partial charge in [-0.2, -0.15) is 5.10 Å². The minimum atomic E-state index is -0.347. The number of benzene rings is 2. The number of anilines is 1. The van der Waals surface area contributed by atoms with E-state index >= 15 is 0 Å². The monoisotopic (exact) mass is 385 g/mol. The summed E-state index contributed by atoms with van der Waals surface area (Å²) in [5.74, 6) is 0.423. The molecule has 2 aromatic heterocycles. The van der Waals surface area contributed by atoms with E-state index in [2.05, 4.69) is 10.4 Å². The number of halogens is 2. The molecule has 0 bridgehead atoms. The highest BCUT2D eigenvalue weighted by Gasteiger charge is 2.15. The summed E-state index contributed by atoms with van der Waals surface area (Å²) >= 11 is 12.3. The lowest BCUT2D eigenvalue weighted by molar-refractivity contribution is 0.0997. The highest BCUT2D eigenvalue weighted by Crippen LogP contribution is 2.27. The lowest BCUT2D eigenvalue weighted by Gasteiger charge is -2.10. The van der Waals surface area contributed by atoms with Crippen LogP contribution in [-0.4, -0.2) is 15.7 Å². The number of nitrogens with one attached hydrogen (secondary N) is 1. The topological polar surface area (TPSA) is 60.1 Å². The van der Waals surface area contributed by atoms with Gasteiger partial charge in [0.2, 0.25) is 0 Å². The Balaban J connectivity index is 1.57. The van der Waals surface area contributed by atoms with Crippen LogP contribution in [0.5, 0.6) is 0 Å². The molecule has 0 saturated carbocycles. The molecule has 0 spiro atoms. The molecule has 2 aromatic carbocycles. The van der Waals surface area contributed by atoms with E-state index in [4.69, 9.17) is 27.6 Å². The van der Waals surface area contributed by atoms with Gasteiger partial charge < -0.3 is 9.73 Å². The number of rotatable bonds is 4. The van der Waals surface area contributed by atoms with E-state index < -0.39 is 0 Å². The first-order chi connectivity index (χ1) is 12.6. The highest BCUT2D eigenvalue weighted by atomic mass is 35.5. The van der Waals surface area contributed by atoms with Crippen LogP contribution in [0.25, 0.3) is 11.0 Å². The summed E-state index contributed by atoms with van der Waals surface area (Å²) in [5.41, 5.74) is 1.47. The molecule has 0 radical (unpaired) electrons. The predicted octanol–water partition coefficient (Wildman–Crippen LogP) is 5.24. The summed E-state index contributed by atoms with van der Waals surface area (Å²) in [6.45, 7) is 0.377. The standard InChI is InChI=1S/C19H13Cl2N3O2/c20-14-6-3-5-13(18(14)21)11-24-17(8-9-22-24)23-19(25)16-10-12-4-1-2-7-15(12)26-16/h1-10H,11H2,(H,23,25). The van der Waals surface area contributed by atoms with Crippen molar-refractivity contribution in [3.63, 3.8) is 0 Å². The Morgan fingerprint density at radius 1 is 1.12 bits per heavy atom. The Kier molecular flexibility index (Phi) is 4.41. The molecule has 1 amide bonds. The second-order valence-electron chi connectivity index (χ2n) is 5.69. The van der Waals surface area contributed by atoms with E-state index in [0.29, 0.717) is 28.0 Å². The van der Waals surface area contributed by atoms with Gasteiger partial charge in [-0.1, -0.05) is 53.5 Å². The summed E-state index contributed by atoms with van der Waals surface area (Å²) in [5, 5.41) is 8.87. The van der Waals surface area contributed by atoms with Gasteiger partial charge in [0.1, 0.15) is 11.4 Å². The van der Waals surface area contributed by atoms with Crippen LogP contribution in [0.3, 0.4) is 0 Å². The zero-order valence-corrected chi connectivity index (χ0v) is 15.0. The second kappa shape index (κ2) is 6.86. The molecule has 0 saturated heterocycles. The number of carbonyl (C=O) groups is 1. The minimum absolute atomic E-state index is 0.236. The van der Waals surface area contributed by atoms with Gasteiger partial charge in [0.25, 0.3) is 5.91 Å². The summed E-state index contributed by atoms with van der Waals surface area (Å²) < 4.78 is 7.23. The third kappa shape index (κ3) is 3.19. The maximum absolute atomic E-state index is 12.5. The second-order valence-corrected chi connectivity index (χ2v) is 6.47. The molecule has 2 heterocycles. The molecule has 0 aliphatic rings. The average molecular weight is 386 g/mol. The highest BCUT2D eigenvalue weighted by molar-refractivity contribution is 6.42. The quantitative estimate of drug-likeness (QED) is 0.522. The maximum atomic E-state index is 12.5. The third-order valence-corrected chi connectivity index (χ3v) is 4.82. The normalized spacial score (nSPS) is 11.0. The van der Waals surface area contributed by atoms with Crippen LogP contribution >= 0.6 is 23.2 Å². The molecule has 7 heteroatoms. The van der Waals surface area contributed by atoms with Crippen molar-refractivity contribution >= 4 is 45.9 Å². The van der Waals surface area contributed by atoms with Crippen LogP contribution in [0.15, 0.2) is 65.2 Å². The van der Waals surface area contributed by atoms with Crippen molar-refractivity contribution in [1.82, 2.24) is 9.78 Å². The number of hydrogen-bond acceptors (Lipinski definition) is 3. The Labute approximate surface area is 159 Å². The van der Waals surface area contributed by atoms with E-state index in [1.165, 1.54) is 0 Å². The molecule has 0 aliphatic carbocycles. The Bertz CT molecular complexity index is 1070. The van der Waals surface area contributed by atoms with Crippen LogP contribution in [-0.2, 0) is 6.54 Å². The first kappa shape index (κ1) is 16.7. The maximum Gasteiger partial charge on any atom is 0.292 e. The van der Waals surface area contributed by atoms with Crippen molar-refractivity contribution < 1.29 is 9.21 Å². The molecule has 4 aromatic rings. The predicted molar refractivity (Wildman–Crippen MR) is 102 cm³/mol. The molecule has 0 unspecified atom stereocenters. The molecule has 130 valence electrons. The van der Waals surface area contributed by atoms with Crippen LogP contribution in [0.1, 0.15) is 16.1 Å². The molecule has 0 atom stereocenters. The minimum Gasteiger partial charge on any atom is -0.451 e. The Morgan fingerprint density at radius 2 is 1.96 bits per heavy atom. The average Bonchev–Trinajstić information content (AvgIpc) is 3.25. The van der Waals surface area contributed by atoms with Gasteiger partial charge in [-0.25, -0.2) is 4.68 Å². The molecular weight excluding hydrogens is 373 g/mol. The van der Waals surface area contributed by atoms with Gasteiger partial charge in [0.05, 0.1) is 22.8 Å². The Hall–Kier alpha value is -2.76. The smallest absolute Gasteiger partial charge is 0.292 e. The van der Waals surface area contributed by atoms with Gasteiger partial charge in [-0.3, -0.25) is 4.79 Å². The zero-order valence-electron chi connectivity index (χ0n) is 13.4. The van der Waals surface area contributed by atoms with Gasteiger partial charge in [-0.15, -0.1) is 0 Å². The fourth-order valence-electron chi connectivity index (χ4n) is 2.67. The lowest BCUT2D eigenvalue weighted by atomic mass is 10.2. The van der Waals surface area contributed by atoms with Crippen molar-refractivity contribution in [3.05, 3.63) is 82.2 Å². The van der Waals surface area contributed by atoms with E-state index in [0.717, 1.165) is 10.9 Å². The van der Waals surface area contributed by atoms with Crippen LogP contribution in [0.2, 0.25) is 10.0 Å². The molecule has 1 N–H and O–H groups in total. The SMILES string of the molecule is O=C(Nc1ccnn1Cc1cccc(Cl)c1Cl)c1cc2ccccc2o1. The van der Waals surface area contributed by atoms with Gasteiger partial charge in [0, 0.05) is 11.5 Å². The fraction of sp³-hybridized carbons (Fsp3) is 0.0526. The van der Waals surface area contributed by atoms with E-state index in [1.54, 1.807) is 29.1 Å². The van der Waals surface area contributed by atoms with Crippen molar-refractivity contribution in [2.75, 3.05) is 5.32 Å². The lowest BCUT2D eigenvalue weighted by Crippen LogP contribution is -2.15. The molecule has 0 fully saturated rings. The number of fused-ring (bicyclic) bond motifs is 1. The van der Waals surface area contributed by atoms with Gasteiger partial charge >= 0.3 is 0 Å². The van der Waals surface area contributed by atoms with Crippen molar-refractivity contribution in [1.29, 1.82) is 0 Å². The summed E-state index contributed by atoms with van der Waals surface area (Å²) in [6.07, 6.45) is 1.60. The number of amides is 1. The number of furan rings is 1. The summed E-state index contributed by atoms with van der Waals surface area (Å²) in [6, 6.07) is 16.3. The first-order valence-corrected chi connectivity index (χ1v) is 8.62. The first-order valence-electron chi connectivity index (χ1n) is 7.86. The van der Waals surface area contributed by atoms with E-state index in [1.807, 2.05) is 36.4 Å². The summed E-state index contributed by atoms with van der Waals surface area (Å²) in [7, 11) is 0. The number of carbonyl (C=O) groups excluding carboxylic acids is 1. The zero-order chi connectivity index (χ0) is 18.1. The number of para-hydroxylation sites is 1. The van der Waals surface area contributed by atoms with Crippen LogP contribution in [0, 0.1) is 0 Å². The largest absolute Gasteiger partial charge is 0.451 e. The van der Waals surface area contributed by atoms with Crippen molar-refractivity contribution in [2.24, 2.45) is 0 Å². The number of aromatic nitrogens is 2. The molecule has 26 heavy (non-hydrogen) atoms. The molecule has 0 aliphatic heterocycles. The Morgan fingerprint density at radius 3 is 2.81 bits per heavy atom. The van der Waals surface area contributed by atoms with Crippen LogP contribution < -0.4 is 5.32 Å². The molecule has 4 rings (SSSR count). The van der Waals surface area contributed by atoms with Crippen molar-refractivity contribution in [3.8, 4) is 0 Å². The number of nitrogens with zero attached hydrogens (tertiary/aromatic N) is 2. The fourth-order valence-corrected chi connectivity index (χ4v) is 3.05. The van der Waals surface area contributed by atoms with Crippen molar-refractivity contribution in [2.45, 2.75) is 6.54 Å². The molecule has 5 nitrogen and oxygen atoms in total. The molecular formula is C19H13Cl2N3O2.